The number of ether oxygens (including phenoxy) is 2. The molecular weight excluding hydrogens is 380 g/mol. The maximum absolute atomic E-state index is 13.6. The molecule has 0 amide bonds. The van der Waals surface area contributed by atoms with E-state index in [1.165, 1.54) is 7.11 Å². The monoisotopic (exact) mass is 400 g/mol. The highest BCUT2D eigenvalue weighted by Crippen LogP contribution is 2.68. The number of Topliss-reactive ketones (excluding diaryl/α,β-unsaturated/α-hetero) is 1. The number of rotatable bonds is 3. The number of para-hydroxylation sites is 1. The third-order valence-corrected chi connectivity index (χ3v) is 6.35. The summed E-state index contributed by atoms with van der Waals surface area (Å²) in [5.41, 5.74) is -1.89. The average molecular weight is 400 g/mol. The summed E-state index contributed by atoms with van der Waals surface area (Å²) in [6, 6.07) is 25.3. The average Bonchev–Trinajstić information content (AvgIpc) is 2.80. The van der Waals surface area contributed by atoms with Crippen molar-refractivity contribution in [1.82, 2.24) is 0 Å². The lowest BCUT2D eigenvalue weighted by Crippen LogP contribution is -2.80. The molecule has 0 unspecified atom stereocenters. The highest BCUT2D eigenvalue weighted by atomic mass is 16.5. The van der Waals surface area contributed by atoms with Crippen LogP contribution in [0.1, 0.15) is 27.4 Å². The van der Waals surface area contributed by atoms with Gasteiger partial charge in [-0.3, -0.25) is 9.59 Å². The standard InChI is InChI=1S/C25H20O5/c1-29-23(27)21-20(16-10-4-2-5-11-16)25(17-12-6-3-7-13-17)24(21,28)22(26)18-14-8-9-15-19(18)30-25/h2-15,20-21,28H,1H3/t20-,21+,24-,25+/m1/s1. The van der Waals surface area contributed by atoms with E-state index in [4.69, 9.17) is 9.47 Å². The SMILES string of the molecule is COC(=O)[C@@H]1[C@@H](c2ccccc2)[C@]2(c3ccccc3)Oc3ccccc3C(=O)[C@]12O. The minimum absolute atomic E-state index is 0.256. The third kappa shape index (κ3) is 2.15. The number of carbonyl (C=O) groups excluding carboxylic acids is 2. The summed E-state index contributed by atoms with van der Waals surface area (Å²) in [5.74, 6) is -2.51. The van der Waals surface area contributed by atoms with Crippen molar-refractivity contribution in [2.75, 3.05) is 7.11 Å². The Balaban J connectivity index is 1.83. The van der Waals surface area contributed by atoms with Crippen molar-refractivity contribution >= 4 is 11.8 Å². The van der Waals surface area contributed by atoms with E-state index in [-0.39, 0.29) is 5.56 Å². The van der Waals surface area contributed by atoms with Crippen LogP contribution in [0, 0.1) is 5.92 Å². The Hall–Kier alpha value is -3.44. The molecule has 0 spiro atoms. The molecule has 5 nitrogen and oxygen atoms in total. The fourth-order valence-electron chi connectivity index (χ4n) is 5.09. The maximum atomic E-state index is 13.6. The predicted molar refractivity (Wildman–Crippen MR) is 109 cm³/mol. The fourth-order valence-corrected chi connectivity index (χ4v) is 5.09. The van der Waals surface area contributed by atoms with Gasteiger partial charge in [-0.25, -0.2) is 0 Å². The van der Waals surface area contributed by atoms with Crippen LogP contribution in [0.25, 0.3) is 0 Å². The Morgan fingerprint density at radius 3 is 2.20 bits per heavy atom. The molecule has 1 aliphatic carbocycles. The predicted octanol–water partition coefficient (Wildman–Crippen LogP) is 3.47. The summed E-state index contributed by atoms with van der Waals surface area (Å²) in [5, 5.41) is 12.0. The summed E-state index contributed by atoms with van der Waals surface area (Å²) in [6.07, 6.45) is 0. The number of fused-ring (bicyclic) bond motifs is 2. The topological polar surface area (TPSA) is 72.8 Å². The number of hydrogen-bond acceptors (Lipinski definition) is 5. The van der Waals surface area contributed by atoms with Crippen molar-refractivity contribution in [1.29, 1.82) is 0 Å². The van der Waals surface area contributed by atoms with E-state index >= 15 is 0 Å². The zero-order valence-electron chi connectivity index (χ0n) is 16.3. The minimum atomic E-state index is -2.10. The zero-order chi connectivity index (χ0) is 20.9. The first-order valence-corrected chi connectivity index (χ1v) is 9.79. The highest BCUT2D eigenvalue weighted by molar-refractivity contribution is 6.11. The number of hydrogen-bond donors (Lipinski definition) is 1. The summed E-state index contributed by atoms with van der Waals surface area (Å²) in [4.78, 5) is 26.5. The van der Waals surface area contributed by atoms with Gasteiger partial charge in [-0.05, 0) is 23.3 Å². The quantitative estimate of drug-likeness (QED) is 0.682. The second kappa shape index (κ2) is 6.54. The Bertz CT molecular complexity index is 1130. The molecular formula is C25H20O5. The lowest BCUT2D eigenvalue weighted by molar-refractivity contribution is -0.251. The van der Waals surface area contributed by atoms with Gasteiger partial charge in [-0.15, -0.1) is 0 Å². The van der Waals surface area contributed by atoms with Crippen LogP contribution in [0.3, 0.4) is 0 Å². The van der Waals surface area contributed by atoms with Crippen molar-refractivity contribution in [3.05, 3.63) is 102 Å². The second-order valence-electron chi connectivity index (χ2n) is 7.68. The van der Waals surface area contributed by atoms with Gasteiger partial charge in [0.25, 0.3) is 0 Å². The zero-order valence-corrected chi connectivity index (χ0v) is 16.3. The number of methoxy groups -OCH3 is 1. The smallest absolute Gasteiger partial charge is 0.313 e. The first kappa shape index (κ1) is 18.6. The van der Waals surface area contributed by atoms with Crippen molar-refractivity contribution < 1.29 is 24.2 Å². The van der Waals surface area contributed by atoms with Gasteiger partial charge in [0, 0.05) is 5.92 Å². The van der Waals surface area contributed by atoms with E-state index in [2.05, 4.69) is 0 Å². The maximum Gasteiger partial charge on any atom is 0.313 e. The van der Waals surface area contributed by atoms with Gasteiger partial charge < -0.3 is 14.6 Å². The molecule has 5 heteroatoms. The second-order valence-corrected chi connectivity index (χ2v) is 7.68. The van der Waals surface area contributed by atoms with Gasteiger partial charge in [-0.1, -0.05) is 72.8 Å². The van der Waals surface area contributed by atoms with E-state index in [9.17, 15) is 14.7 Å². The highest BCUT2D eigenvalue weighted by Gasteiger charge is 2.82. The summed E-state index contributed by atoms with van der Waals surface area (Å²) >= 11 is 0. The van der Waals surface area contributed by atoms with Gasteiger partial charge in [-0.2, -0.15) is 0 Å². The number of carbonyl (C=O) groups is 2. The van der Waals surface area contributed by atoms with E-state index in [0.29, 0.717) is 11.3 Å². The van der Waals surface area contributed by atoms with Crippen molar-refractivity contribution in [2.24, 2.45) is 5.92 Å². The van der Waals surface area contributed by atoms with Crippen LogP contribution in [0.4, 0.5) is 0 Å². The van der Waals surface area contributed by atoms with E-state index in [0.717, 1.165) is 5.56 Å². The molecule has 4 atom stereocenters. The van der Waals surface area contributed by atoms with Crippen LogP contribution in [-0.2, 0) is 15.1 Å². The molecule has 1 aliphatic heterocycles. The van der Waals surface area contributed by atoms with E-state index < -0.39 is 34.8 Å². The molecule has 3 aromatic rings. The van der Waals surface area contributed by atoms with Crippen LogP contribution >= 0.6 is 0 Å². The van der Waals surface area contributed by atoms with Crippen molar-refractivity contribution in [3.8, 4) is 5.75 Å². The Labute approximate surface area is 173 Å². The van der Waals surface area contributed by atoms with Gasteiger partial charge in [0.2, 0.25) is 5.78 Å². The molecule has 1 N–H and O–H groups in total. The molecule has 3 aromatic carbocycles. The molecule has 0 bridgehead atoms. The Kier molecular flexibility index (Phi) is 4.05. The van der Waals surface area contributed by atoms with Gasteiger partial charge in [0.1, 0.15) is 11.7 Å². The first-order valence-electron chi connectivity index (χ1n) is 9.79. The molecule has 1 heterocycles. The fraction of sp³-hybridized carbons (Fsp3) is 0.200. The van der Waals surface area contributed by atoms with Crippen molar-refractivity contribution in [3.63, 3.8) is 0 Å². The summed E-state index contributed by atoms with van der Waals surface area (Å²) in [6.45, 7) is 0. The van der Waals surface area contributed by atoms with Gasteiger partial charge in [0.05, 0.1) is 12.7 Å². The molecule has 1 saturated carbocycles. The molecule has 1 fully saturated rings. The van der Waals surface area contributed by atoms with Gasteiger partial charge in [0.15, 0.2) is 11.2 Å². The van der Waals surface area contributed by atoms with E-state index in [1.807, 2.05) is 60.7 Å². The number of aliphatic hydroxyl groups is 1. The first-order chi connectivity index (χ1) is 14.6. The summed E-state index contributed by atoms with van der Waals surface area (Å²) < 4.78 is 11.5. The normalized spacial score (nSPS) is 29.1. The van der Waals surface area contributed by atoms with E-state index in [1.54, 1.807) is 24.3 Å². The number of benzene rings is 3. The molecule has 30 heavy (non-hydrogen) atoms. The lowest BCUT2D eigenvalue weighted by Gasteiger charge is -2.65. The van der Waals surface area contributed by atoms with Crippen LogP contribution in [0.5, 0.6) is 5.75 Å². The third-order valence-electron chi connectivity index (χ3n) is 6.35. The Morgan fingerprint density at radius 1 is 0.933 bits per heavy atom. The molecule has 0 radical (unpaired) electrons. The largest absolute Gasteiger partial charge is 0.478 e. The summed E-state index contributed by atoms with van der Waals surface area (Å²) in [7, 11) is 1.26. The number of ketones is 1. The minimum Gasteiger partial charge on any atom is -0.478 e. The lowest BCUT2D eigenvalue weighted by atomic mass is 9.44. The van der Waals surface area contributed by atoms with Crippen LogP contribution < -0.4 is 4.74 Å². The number of esters is 1. The van der Waals surface area contributed by atoms with Crippen LogP contribution in [0.2, 0.25) is 0 Å². The van der Waals surface area contributed by atoms with Crippen LogP contribution in [-0.4, -0.2) is 29.6 Å². The molecule has 150 valence electrons. The van der Waals surface area contributed by atoms with Gasteiger partial charge >= 0.3 is 5.97 Å². The molecule has 0 aromatic heterocycles. The molecule has 2 aliphatic rings. The Morgan fingerprint density at radius 2 is 1.53 bits per heavy atom. The van der Waals surface area contributed by atoms with Crippen LogP contribution in [0.15, 0.2) is 84.9 Å². The van der Waals surface area contributed by atoms with Crippen molar-refractivity contribution in [2.45, 2.75) is 17.1 Å². The molecule has 0 saturated heterocycles. The molecule has 5 rings (SSSR count).